The Labute approximate surface area is 176 Å². The van der Waals surface area contributed by atoms with Gasteiger partial charge in [0.1, 0.15) is 11.3 Å². The van der Waals surface area contributed by atoms with Crippen LogP contribution in [0.1, 0.15) is 12.5 Å². The summed E-state index contributed by atoms with van der Waals surface area (Å²) in [6.07, 6.45) is 1.03. The number of rotatable bonds is 6. The number of methoxy groups -OCH3 is 1. The number of hydrogen-bond donors (Lipinski definition) is 1. The monoisotopic (exact) mass is 431 g/mol. The number of nitrogens with zero attached hydrogens (tertiary/aromatic N) is 2. The molecule has 0 saturated carbocycles. The molecule has 2 aromatic carbocycles. The van der Waals surface area contributed by atoms with Crippen molar-refractivity contribution in [1.82, 2.24) is 9.62 Å². The second kappa shape index (κ2) is 8.45. The van der Waals surface area contributed by atoms with Crippen molar-refractivity contribution in [3.05, 3.63) is 60.2 Å². The van der Waals surface area contributed by atoms with Crippen molar-refractivity contribution >= 4 is 27.5 Å². The number of sulfonamides is 1. The molecule has 1 fully saturated rings. The molecule has 8 nitrogen and oxygen atoms in total. The van der Waals surface area contributed by atoms with Gasteiger partial charge < -0.3 is 10.1 Å². The lowest BCUT2D eigenvalue weighted by molar-refractivity contribution is -0.133. The first kappa shape index (κ1) is 21.8. The second-order valence-electron chi connectivity index (χ2n) is 7.40. The van der Waals surface area contributed by atoms with Crippen LogP contribution < -0.4 is 15.0 Å². The Bertz CT molecular complexity index is 1040. The highest BCUT2D eigenvalue weighted by molar-refractivity contribution is 7.88. The molecule has 160 valence electrons. The molecule has 30 heavy (non-hydrogen) atoms. The van der Waals surface area contributed by atoms with Crippen molar-refractivity contribution in [2.24, 2.45) is 0 Å². The zero-order chi connectivity index (χ0) is 21.9. The van der Waals surface area contributed by atoms with Crippen molar-refractivity contribution in [3.8, 4) is 5.75 Å². The van der Waals surface area contributed by atoms with Gasteiger partial charge in [-0.05, 0) is 24.6 Å². The van der Waals surface area contributed by atoms with E-state index in [2.05, 4.69) is 5.32 Å². The predicted molar refractivity (Wildman–Crippen MR) is 114 cm³/mol. The lowest BCUT2D eigenvalue weighted by Gasteiger charge is -2.46. The van der Waals surface area contributed by atoms with Crippen LogP contribution in [0, 0.1) is 0 Å². The molecule has 1 aliphatic heterocycles. The van der Waals surface area contributed by atoms with Gasteiger partial charge in [0.25, 0.3) is 0 Å². The maximum Gasteiger partial charge on any atom is 0.247 e. The average molecular weight is 432 g/mol. The highest BCUT2D eigenvalue weighted by Gasteiger charge is 2.50. The highest BCUT2D eigenvalue weighted by atomic mass is 32.2. The van der Waals surface area contributed by atoms with Crippen LogP contribution in [0.25, 0.3) is 0 Å². The summed E-state index contributed by atoms with van der Waals surface area (Å²) in [5, 5.41) is 2.84. The normalized spacial score (nSPS) is 20.1. The van der Waals surface area contributed by atoms with Crippen molar-refractivity contribution < 1.29 is 22.7 Å². The summed E-state index contributed by atoms with van der Waals surface area (Å²) < 4.78 is 30.6. The van der Waals surface area contributed by atoms with Crippen molar-refractivity contribution in [2.75, 3.05) is 31.4 Å². The van der Waals surface area contributed by atoms with Gasteiger partial charge in [-0.1, -0.05) is 36.4 Å². The first-order valence-corrected chi connectivity index (χ1v) is 11.2. The lowest BCUT2D eigenvalue weighted by Crippen LogP contribution is -2.70. The van der Waals surface area contributed by atoms with Gasteiger partial charge in [0.2, 0.25) is 21.8 Å². The van der Waals surface area contributed by atoms with Crippen LogP contribution in [-0.4, -0.2) is 56.5 Å². The molecule has 9 heteroatoms. The zero-order valence-electron chi connectivity index (χ0n) is 17.2. The first-order chi connectivity index (χ1) is 14.1. The van der Waals surface area contributed by atoms with E-state index in [1.807, 2.05) is 30.3 Å². The van der Waals surface area contributed by atoms with E-state index < -0.39 is 27.4 Å². The third-order valence-electron chi connectivity index (χ3n) is 5.10. The van der Waals surface area contributed by atoms with Gasteiger partial charge in [0.15, 0.2) is 0 Å². The van der Waals surface area contributed by atoms with Gasteiger partial charge in [0.05, 0.1) is 19.9 Å². The number of carbonyl (C=O) groups is 2. The number of ether oxygens (including phenoxy) is 1. The van der Waals surface area contributed by atoms with E-state index in [4.69, 9.17) is 4.74 Å². The average Bonchev–Trinajstić information content (AvgIpc) is 2.71. The highest BCUT2D eigenvalue weighted by Crippen LogP contribution is 2.32. The fourth-order valence-corrected chi connectivity index (χ4v) is 4.35. The number of benzene rings is 2. The largest absolute Gasteiger partial charge is 0.497 e. The first-order valence-electron chi connectivity index (χ1n) is 9.39. The van der Waals surface area contributed by atoms with Gasteiger partial charge in [-0.2, -0.15) is 4.31 Å². The number of amides is 2. The molecule has 1 heterocycles. The van der Waals surface area contributed by atoms with Gasteiger partial charge in [-0.25, -0.2) is 8.42 Å². The number of piperazine rings is 1. The molecule has 3 rings (SSSR count). The van der Waals surface area contributed by atoms with Crippen molar-refractivity contribution in [2.45, 2.75) is 19.0 Å². The maximum atomic E-state index is 13.3. The molecular weight excluding hydrogens is 406 g/mol. The SMILES string of the molecule is COc1cccc(N2C(=O)CN(S(C)(=O)=O)C[C@@]2(C)C(=O)NCc2ccccc2)c1. The Morgan fingerprint density at radius 1 is 1.17 bits per heavy atom. The maximum absolute atomic E-state index is 13.3. The minimum Gasteiger partial charge on any atom is -0.497 e. The fraction of sp³-hybridized carbons (Fsp3) is 0.333. The van der Waals surface area contributed by atoms with Crippen LogP contribution >= 0.6 is 0 Å². The van der Waals surface area contributed by atoms with Gasteiger partial charge in [-0.15, -0.1) is 0 Å². The molecule has 0 bridgehead atoms. The summed E-state index contributed by atoms with van der Waals surface area (Å²) in [6.45, 7) is 1.34. The Kier molecular flexibility index (Phi) is 6.14. The summed E-state index contributed by atoms with van der Waals surface area (Å²) in [5.74, 6) is -0.411. The van der Waals surface area contributed by atoms with E-state index in [-0.39, 0.29) is 19.6 Å². The molecule has 2 aromatic rings. The smallest absolute Gasteiger partial charge is 0.247 e. The van der Waals surface area contributed by atoms with E-state index in [9.17, 15) is 18.0 Å². The molecule has 1 atom stereocenters. The van der Waals surface area contributed by atoms with Crippen LogP contribution in [0.15, 0.2) is 54.6 Å². The topological polar surface area (TPSA) is 96.0 Å². The zero-order valence-corrected chi connectivity index (χ0v) is 18.0. The molecule has 0 unspecified atom stereocenters. The molecule has 0 spiro atoms. The van der Waals surface area contributed by atoms with Crippen LogP contribution in [0.3, 0.4) is 0 Å². The molecular formula is C21H25N3O5S. The molecule has 2 amide bonds. The van der Waals surface area contributed by atoms with Crippen LogP contribution in [0.2, 0.25) is 0 Å². The predicted octanol–water partition coefficient (Wildman–Crippen LogP) is 1.38. The minimum atomic E-state index is -3.67. The summed E-state index contributed by atoms with van der Waals surface area (Å²) in [5.41, 5.74) is -0.0890. The number of nitrogens with one attached hydrogen (secondary N) is 1. The van der Waals surface area contributed by atoms with E-state index in [0.29, 0.717) is 11.4 Å². The Morgan fingerprint density at radius 2 is 1.87 bits per heavy atom. The van der Waals surface area contributed by atoms with E-state index in [1.54, 1.807) is 31.2 Å². The van der Waals surface area contributed by atoms with Crippen LogP contribution in [-0.2, 0) is 26.2 Å². The molecule has 1 aliphatic rings. The van der Waals surface area contributed by atoms with E-state index >= 15 is 0 Å². The van der Waals surface area contributed by atoms with Crippen molar-refractivity contribution in [1.29, 1.82) is 0 Å². The standard InChI is InChI=1S/C21H25N3O5S/c1-21(20(26)22-13-16-8-5-4-6-9-16)15-23(30(3,27)28)14-19(25)24(21)17-10-7-11-18(12-17)29-2/h4-12H,13-15H2,1-3H3,(H,22,26)/t21-/m0/s1. The quantitative estimate of drug-likeness (QED) is 0.746. The number of hydrogen-bond acceptors (Lipinski definition) is 5. The Hall–Kier alpha value is -2.91. The summed E-state index contributed by atoms with van der Waals surface area (Å²) >= 11 is 0. The lowest BCUT2D eigenvalue weighted by atomic mass is 9.94. The second-order valence-corrected chi connectivity index (χ2v) is 9.39. The van der Waals surface area contributed by atoms with Gasteiger partial charge in [0, 0.05) is 24.8 Å². The van der Waals surface area contributed by atoms with Crippen LogP contribution in [0.4, 0.5) is 5.69 Å². The van der Waals surface area contributed by atoms with E-state index in [0.717, 1.165) is 16.1 Å². The minimum absolute atomic E-state index is 0.157. The van der Waals surface area contributed by atoms with Gasteiger partial charge in [-0.3, -0.25) is 14.5 Å². The van der Waals surface area contributed by atoms with Gasteiger partial charge >= 0.3 is 0 Å². The van der Waals surface area contributed by atoms with Crippen LogP contribution in [0.5, 0.6) is 5.75 Å². The molecule has 0 radical (unpaired) electrons. The third-order valence-corrected chi connectivity index (χ3v) is 6.30. The molecule has 0 aromatic heterocycles. The summed E-state index contributed by atoms with van der Waals surface area (Å²) in [6, 6.07) is 16.1. The Balaban J connectivity index is 1.97. The molecule has 1 saturated heterocycles. The van der Waals surface area contributed by atoms with E-state index in [1.165, 1.54) is 12.0 Å². The molecule has 1 N–H and O–H groups in total. The third kappa shape index (κ3) is 4.47. The number of carbonyl (C=O) groups excluding carboxylic acids is 2. The summed E-state index contributed by atoms with van der Waals surface area (Å²) in [4.78, 5) is 27.7. The number of anilines is 1. The fourth-order valence-electron chi connectivity index (χ4n) is 3.52. The molecule has 0 aliphatic carbocycles. The summed E-state index contributed by atoms with van der Waals surface area (Å²) in [7, 11) is -2.16. The van der Waals surface area contributed by atoms with Crippen molar-refractivity contribution in [3.63, 3.8) is 0 Å². The Morgan fingerprint density at radius 3 is 2.50 bits per heavy atom.